The first-order valence-corrected chi connectivity index (χ1v) is 9.27. The van der Waals surface area contributed by atoms with E-state index in [-0.39, 0.29) is 36.4 Å². The number of amides is 3. The van der Waals surface area contributed by atoms with Gasteiger partial charge in [-0.25, -0.2) is 0 Å². The molecule has 8 heteroatoms. The average Bonchev–Trinajstić information content (AvgIpc) is 2.89. The summed E-state index contributed by atoms with van der Waals surface area (Å²) in [5, 5.41) is 2.26. The predicted molar refractivity (Wildman–Crippen MR) is 97.8 cm³/mol. The number of esters is 1. The minimum absolute atomic E-state index is 0.0900. The lowest BCUT2D eigenvalue weighted by Crippen LogP contribution is -2.41. The van der Waals surface area contributed by atoms with E-state index in [2.05, 4.69) is 5.32 Å². The molecule has 1 aromatic carbocycles. The fraction of sp³-hybridized carbons (Fsp3) is 0.444. The second kappa shape index (κ2) is 8.84. The van der Waals surface area contributed by atoms with Crippen molar-refractivity contribution < 1.29 is 23.9 Å². The molecule has 0 spiro atoms. The van der Waals surface area contributed by atoms with Crippen LogP contribution in [0.15, 0.2) is 18.2 Å². The molecule has 1 fully saturated rings. The molecule has 1 aromatic rings. The molecule has 1 saturated heterocycles. The lowest BCUT2D eigenvalue weighted by Gasteiger charge is -2.16. The first-order valence-electron chi connectivity index (χ1n) is 8.28. The molecule has 1 N–H and O–H groups in total. The molecule has 1 atom stereocenters. The number of aryl methyl sites for hydroxylation is 2. The third-order valence-electron chi connectivity index (χ3n) is 4.07. The molecule has 0 aliphatic carbocycles. The highest BCUT2D eigenvalue weighted by Crippen LogP contribution is 2.17. The molecule has 0 bridgehead atoms. The Hall–Kier alpha value is -2.35. The van der Waals surface area contributed by atoms with Crippen molar-refractivity contribution in [2.24, 2.45) is 0 Å². The van der Waals surface area contributed by atoms with Gasteiger partial charge in [0.15, 0.2) is 6.10 Å². The van der Waals surface area contributed by atoms with E-state index >= 15 is 0 Å². The molecule has 1 heterocycles. The molecule has 7 nitrogen and oxygen atoms in total. The predicted octanol–water partition coefficient (Wildman–Crippen LogP) is 1.59. The highest BCUT2D eigenvalue weighted by molar-refractivity contribution is 8.14. The summed E-state index contributed by atoms with van der Waals surface area (Å²) in [5.41, 5.74) is 3.06. The quantitative estimate of drug-likeness (QED) is 0.725. The normalized spacial score (nSPS) is 15.1. The van der Waals surface area contributed by atoms with E-state index in [1.165, 1.54) is 6.92 Å². The van der Waals surface area contributed by atoms with Gasteiger partial charge in [0.2, 0.25) is 5.91 Å². The molecule has 1 aliphatic rings. The number of ether oxygens (including phenoxy) is 1. The van der Waals surface area contributed by atoms with Gasteiger partial charge in [0.05, 0.1) is 12.2 Å². The topological polar surface area (TPSA) is 92.8 Å². The van der Waals surface area contributed by atoms with Crippen molar-refractivity contribution in [1.82, 2.24) is 10.2 Å². The van der Waals surface area contributed by atoms with Crippen molar-refractivity contribution in [3.05, 3.63) is 34.9 Å². The monoisotopic (exact) mass is 378 g/mol. The van der Waals surface area contributed by atoms with Crippen molar-refractivity contribution in [3.8, 4) is 0 Å². The molecular formula is C18H22N2O5S. The lowest BCUT2D eigenvalue weighted by molar-refractivity contribution is -0.154. The maximum atomic E-state index is 12.0. The molecule has 0 unspecified atom stereocenters. The van der Waals surface area contributed by atoms with Gasteiger partial charge in [-0.1, -0.05) is 30.0 Å². The van der Waals surface area contributed by atoms with Gasteiger partial charge in [0, 0.05) is 13.1 Å². The van der Waals surface area contributed by atoms with Gasteiger partial charge < -0.3 is 10.1 Å². The molecule has 0 saturated carbocycles. The fourth-order valence-electron chi connectivity index (χ4n) is 2.40. The maximum Gasteiger partial charge on any atom is 0.311 e. The van der Waals surface area contributed by atoms with Crippen molar-refractivity contribution in [2.75, 3.05) is 18.8 Å². The van der Waals surface area contributed by atoms with E-state index in [0.29, 0.717) is 0 Å². The number of nitrogens with one attached hydrogen (secondary N) is 1. The Labute approximate surface area is 156 Å². The summed E-state index contributed by atoms with van der Waals surface area (Å²) in [6.45, 7) is 5.67. The lowest BCUT2D eigenvalue weighted by atomic mass is 10.0. The Morgan fingerprint density at radius 3 is 2.62 bits per heavy atom. The largest absolute Gasteiger partial charge is 0.452 e. The van der Waals surface area contributed by atoms with Crippen LogP contribution in [0.1, 0.15) is 23.6 Å². The van der Waals surface area contributed by atoms with Gasteiger partial charge in [-0.3, -0.25) is 24.1 Å². The molecule has 1 aliphatic heterocycles. The van der Waals surface area contributed by atoms with Gasteiger partial charge in [0.25, 0.3) is 11.1 Å². The zero-order valence-corrected chi connectivity index (χ0v) is 15.9. The van der Waals surface area contributed by atoms with Crippen molar-refractivity contribution in [2.45, 2.75) is 33.3 Å². The van der Waals surface area contributed by atoms with E-state index < -0.39 is 18.0 Å². The van der Waals surface area contributed by atoms with Crippen LogP contribution in [0, 0.1) is 13.8 Å². The third-order valence-corrected chi connectivity index (χ3v) is 4.93. The van der Waals surface area contributed by atoms with E-state index in [9.17, 15) is 19.2 Å². The van der Waals surface area contributed by atoms with Crippen molar-refractivity contribution in [1.29, 1.82) is 0 Å². The molecule has 140 valence electrons. The van der Waals surface area contributed by atoms with E-state index in [1.807, 2.05) is 32.0 Å². The Bertz CT molecular complexity index is 718. The number of carbonyl (C=O) groups excluding carboxylic acids is 4. The summed E-state index contributed by atoms with van der Waals surface area (Å²) in [7, 11) is 0. The SMILES string of the molecule is Cc1ccc(CC(=O)O[C@@H](C)C(=O)NCCN2C(=O)CSC2=O)cc1C. The van der Waals surface area contributed by atoms with Crippen LogP contribution in [0.25, 0.3) is 0 Å². The number of hydrogen-bond acceptors (Lipinski definition) is 6. The van der Waals surface area contributed by atoms with Gasteiger partial charge in [-0.05, 0) is 37.5 Å². The minimum Gasteiger partial charge on any atom is -0.452 e. The summed E-state index contributed by atoms with van der Waals surface area (Å²) in [6, 6.07) is 5.72. The summed E-state index contributed by atoms with van der Waals surface area (Å²) < 4.78 is 5.15. The Kier molecular flexibility index (Phi) is 6.79. The van der Waals surface area contributed by atoms with Crippen molar-refractivity contribution in [3.63, 3.8) is 0 Å². The Morgan fingerprint density at radius 1 is 1.27 bits per heavy atom. The minimum atomic E-state index is -0.951. The van der Waals surface area contributed by atoms with E-state index in [1.54, 1.807) is 0 Å². The van der Waals surface area contributed by atoms with Gasteiger partial charge in [-0.15, -0.1) is 0 Å². The zero-order chi connectivity index (χ0) is 19.3. The maximum absolute atomic E-state index is 12.0. The number of rotatable bonds is 7. The highest BCUT2D eigenvalue weighted by atomic mass is 32.2. The number of imide groups is 1. The zero-order valence-electron chi connectivity index (χ0n) is 15.0. The number of benzene rings is 1. The number of thioether (sulfide) groups is 1. The molecule has 0 aromatic heterocycles. The van der Waals surface area contributed by atoms with Crippen LogP contribution in [0.4, 0.5) is 4.79 Å². The number of hydrogen-bond donors (Lipinski definition) is 1. The van der Waals surface area contributed by atoms with Crippen LogP contribution in [0.3, 0.4) is 0 Å². The van der Waals surface area contributed by atoms with Crippen LogP contribution in [-0.2, 0) is 25.5 Å². The second-order valence-corrected chi connectivity index (χ2v) is 7.05. The summed E-state index contributed by atoms with van der Waals surface area (Å²) in [4.78, 5) is 48.0. The van der Waals surface area contributed by atoms with Gasteiger partial charge >= 0.3 is 5.97 Å². The van der Waals surface area contributed by atoms with Gasteiger partial charge in [0.1, 0.15) is 0 Å². The molecule has 3 amide bonds. The summed E-state index contributed by atoms with van der Waals surface area (Å²) in [6.07, 6.45) is -0.861. The van der Waals surface area contributed by atoms with E-state index in [0.717, 1.165) is 33.4 Å². The number of carbonyl (C=O) groups is 4. The molecule has 0 radical (unpaired) electrons. The molecule has 26 heavy (non-hydrogen) atoms. The summed E-state index contributed by atoms with van der Waals surface area (Å²) in [5.74, 6) is -1.08. The molecular weight excluding hydrogens is 356 g/mol. The third kappa shape index (κ3) is 5.32. The van der Waals surface area contributed by atoms with Gasteiger partial charge in [-0.2, -0.15) is 0 Å². The van der Waals surface area contributed by atoms with Crippen LogP contribution in [0.5, 0.6) is 0 Å². The first kappa shape index (κ1) is 20.0. The fourth-order valence-corrected chi connectivity index (χ4v) is 3.16. The van der Waals surface area contributed by atoms with Crippen LogP contribution >= 0.6 is 11.8 Å². The van der Waals surface area contributed by atoms with Crippen LogP contribution in [0.2, 0.25) is 0 Å². The second-order valence-electron chi connectivity index (χ2n) is 6.12. The van der Waals surface area contributed by atoms with Crippen molar-refractivity contribution >= 4 is 34.8 Å². The van der Waals surface area contributed by atoms with E-state index in [4.69, 9.17) is 4.74 Å². The van der Waals surface area contributed by atoms with Crippen LogP contribution < -0.4 is 5.32 Å². The summed E-state index contributed by atoms with van der Waals surface area (Å²) >= 11 is 0.945. The smallest absolute Gasteiger partial charge is 0.311 e. The average molecular weight is 378 g/mol. The Balaban J connectivity index is 1.75. The van der Waals surface area contributed by atoms with Crippen LogP contribution in [-0.4, -0.2) is 52.9 Å². The number of nitrogens with zero attached hydrogens (tertiary/aromatic N) is 1. The molecule has 2 rings (SSSR count). The standard InChI is InChI=1S/C18H22N2O5S/c1-11-4-5-14(8-12(11)2)9-16(22)25-13(3)17(23)19-6-7-20-15(21)10-26-18(20)24/h4-5,8,13H,6-7,9-10H2,1-3H3,(H,19,23)/t13-/m0/s1. The first-order chi connectivity index (χ1) is 12.3. The Morgan fingerprint density at radius 2 is 2.00 bits per heavy atom. The highest BCUT2D eigenvalue weighted by Gasteiger charge is 2.29.